The van der Waals surface area contributed by atoms with E-state index in [0.717, 1.165) is 11.2 Å². The Morgan fingerprint density at radius 3 is 2.86 bits per heavy atom. The van der Waals surface area contributed by atoms with E-state index in [0.29, 0.717) is 5.92 Å². The van der Waals surface area contributed by atoms with Crippen molar-refractivity contribution in [1.29, 1.82) is 0 Å². The summed E-state index contributed by atoms with van der Waals surface area (Å²) in [5.41, 5.74) is 5.99. The number of benzene rings is 1. The summed E-state index contributed by atoms with van der Waals surface area (Å²) in [4.78, 5) is 13.3. The predicted molar refractivity (Wildman–Crippen MR) is 87.8 cm³/mol. The van der Waals surface area contributed by atoms with Crippen LogP contribution < -0.4 is 0 Å². The van der Waals surface area contributed by atoms with Crippen LogP contribution in [0.25, 0.3) is 32.9 Å². The number of hydrogen-bond donors (Lipinski definition) is 0. The lowest BCUT2D eigenvalue weighted by Crippen LogP contribution is -1.93. The van der Waals surface area contributed by atoms with E-state index in [1.807, 2.05) is 30.9 Å². The zero-order valence-electron chi connectivity index (χ0n) is 12.1. The van der Waals surface area contributed by atoms with Gasteiger partial charge in [0.05, 0.1) is 17.4 Å². The molecule has 1 aliphatic rings. The van der Waals surface area contributed by atoms with E-state index < -0.39 is 0 Å². The van der Waals surface area contributed by atoms with Gasteiger partial charge in [-0.2, -0.15) is 0 Å². The first-order chi connectivity index (χ1) is 10.8. The molecular formula is C19H13N3. The van der Waals surface area contributed by atoms with Crippen LogP contribution in [0.2, 0.25) is 0 Å². The molecule has 0 fully saturated rings. The zero-order valence-corrected chi connectivity index (χ0v) is 12.1. The van der Waals surface area contributed by atoms with Crippen LogP contribution in [0.15, 0.2) is 55.1 Å². The Bertz CT molecular complexity index is 1050. The second kappa shape index (κ2) is 4.10. The second-order valence-electron chi connectivity index (χ2n) is 5.80. The average Bonchev–Trinajstić information content (AvgIpc) is 2.88. The van der Waals surface area contributed by atoms with Gasteiger partial charge in [0.25, 0.3) is 0 Å². The SMILES string of the molecule is CC1c2cccnc2-c2ccc3cnc4cnccc4c3c21. The van der Waals surface area contributed by atoms with Gasteiger partial charge in [0.2, 0.25) is 0 Å². The molecule has 1 atom stereocenters. The van der Waals surface area contributed by atoms with Crippen LogP contribution in [0, 0.1) is 0 Å². The van der Waals surface area contributed by atoms with Gasteiger partial charge in [-0.05, 0) is 28.6 Å². The molecule has 3 nitrogen and oxygen atoms in total. The summed E-state index contributed by atoms with van der Waals surface area (Å²) in [6.07, 6.45) is 7.50. The Morgan fingerprint density at radius 1 is 0.955 bits per heavy atom. The molecule has 0 saturated heterocycles. The van der Waals surface area contributed by atoms with E-state index in [-0.39, 0.29) is 0 Å². The third-order valence-electron chi connectivity index (χ3n) is 4.68. The highest BCUT2D eigenvalue weighted by molar-refractivity contribution is 6.10. The standard InChI is InChI=1S/C19H13N3/c1-11-13-3-2-7-21-19(13)15-5-4-12-9-22-16-10-20-8-6-14(16)18(12)17(11)15/h2-11H,1H3. The first-order valence-corrected chi connectivity index (χ1v) is 7.45. The molecule has 0 N–H and O–H groups in total. The Labute approximate surface area is 127 Å². The maximum Gasteiger partial charge on any atom is 0.0891 e. The number of aromatic nitrogens is 3. The first-order valence-electron chi connectivity index (χ1n) is 7.45. The summed E-state index contributed by atoms with van der Waals surface area (Å²) in [5.74, 6) is 0.348. The summed E-state index contributed by atoms with van der Waals surface area (Å²) in [5, 5.41) is 3.64. The largest absolute Gasteiger partial charge is 0.262 e. The van der Waals surface area contributed by atoms with Gasteiger partial charge in [-0.1, -0.05) is 25.1 Å². The molecule has 4 aromatic rings. The van der Waals surface area contributed by atoms with Crippen LogP contribution in [0.1, 0.15) is 24.0 Å². The zero-order chi connectivity index (χ0) is 14.7. The number of nitrogens with zero attached hydrogens (tertiary/aromatic N) is 3. The number of rotatable bonds is 0. The van der Waals surface area contributed by atoms with Gasteiger partial charge in [-0.15, -0.1) is 0 Å². The lowest BCUT2D eigenvalue weighted by Gasteiger charge is -2.12. The van der Waals surface area contributed by atoms with Gasteiger partial charge in [0, 0.05) is 40.8 Å². The number of fused-ring (bicyclic) bond motifs is 7. The molecule has 3 aromatic heterocycles. The molecule has 0 bridgehead atoms. The highest BCUT2D eigenvalue weighted by Crippen LogP contribution is 2.47. The van der Waals surface area contributed by atoms with E-state index in [1.54, 1.807) is 0 Å². The average molecular weight is 283 g/mol. The minimum Gasteiger partial charge on any atom is -0.262 e. The molecule has 0 radical (unpaired) electrons. The molecule has 1 aliphatic carbocycles. The van der Waals surface area contributed by atoms with Crippen molar-refractivity contribution in [2.24, 2.45) is 0 Å². The summed E-state index contributed by atoms with van der Waals surface area (Å²) < 4.78 is 0. The van der Waals surface area contributed by atoms with Crippen molar-refractivity contribution in [1.82, 2.24) is 15.0 Å². The van der Waals surface area contributed by atoms with Gasteiger partial charge in [-0.25, -0.2) is 0 Å². The normalized spacial score (nSPS) is 16.0. The van der Waals surface area contributed by atoms with Crippen LogP contribution in [0.3, 0.4) is 0 Å². The Hall–Kier alpha value is -2.81. The molecule has 0 spiro atoms. The van der Waals surface area contributed by atoms with Crippen molar-refractivity contribution in [3.05, 3.63) is 66.2 Å². The lowest BCUT2D eigenvalue weighted by molar-refractivity contribution is 0.962. The molecular weight excluding hydrogens is 270 g/mol. The third-order valence-corrected chi connectivity index (χ3v) is 4.68. The minimum absolute atomic E-state index is 0.348. The van der Waals surface area contributed by atoms with Gasteiger partial charge in [-0.3, -0.25) is 15.0 Å². The van der Waals surface area contributed by atoms with Crippen molar-refractivity contribution in [2.75, 3.05) is 0 Å². The number of pyridine rings is 3. The quantitative estimate of drug-likeness (QED) is 0.451. The molecule has 3 heterocycles. The fraction of sp³-hybridized carbons (Fsp3) is 0.105. The minimum atomic E-state index is 0.348. The van der Waals surface area contributed by atoms with Crippen molar-refractivity contribution >= 4 is 21.7 Å². The molecule has 0 saturated carbocycles. The predicted octanol–water partition coefficient (Wildman–Crippen LogP) is 4.31. The maximum absolute atomic E-state index is 4.61. The van der Waals surface area contributed by atoms with Gasteiger partial charge in [0.1, 0.15) is 0 Å². The molecule has 3 heteroatoms. The topological polar surface area (TPSA) is 38.7 Å². The van der Waals surface area contributed by atoms with E-state index in [1.165, 1.54) is 32.8 Å². The van der Waals surface area contributed by atoms with Crippen LogP contribution in [0.5, 0.6) is 0 Å². The van der Waals surface area contributed by atoms with Crippen LogP contribution in [0.4, 0.5) is 0 Å². The number of hydrogen-bond acceptors (Lipinski definition) is 3. The summed E-state index contributed by atoms with van der Waals surface area (Å²) in [6, 6.07) is 10.6. The van der Waals surface area contributed by atoms with Crippen molar-refractivity contribution < 1.29 is 0 Å². The Morgan fingerprint density at radius 2 is 1.91 bits per heavy atom. The highest BCUT2D eigenvalue weighted by Gasteiger charge is 2.28. The molecule has 22 heavy (non-hydrogen) atoms. The molecule has 0 amide bonds. The van der Waals surface area contributed by atoms with Gasteiger partial charge in [0.15, 0.2) is 0 Å². The first kappa shape index (κ1) is 11.8. The van der Waals surface area contributed by atoms with Crippen molar-refractivity contribution in [2.45, 2.75) is 12.8 Å². The molecule has 1 unspecified atom stereocenters. The van der Waals surface area contributed by atoms with Gasteiger partial charge >= 0.3 is 0 Å². The fourth-order valence-corrected chi connectivity index (χ4v) is 3.69. The summed E-state index contributed by atoms with van der Waals surface area (Å²) >= 11 is 0. The second-order valence-corrected chi connectivity index (χ2v) is 5.80. The monoisotopic (exact) mass is 283 g/mol. The lowest BCUT2D eigenvalue weighted by atomic mass is 9.92. The van der Waals surface area contributed by atoms with Gasteiger partial charge < -0.3 is 0 Å². The highest BCUT2D eigenvalue weighted by atomic mass is 14.7. The molecule has 104 valence electrons. The van der Waals surface area contributed by atoms with Crippen molar-refractivity contribution in [3.63, 3.8) is 0 Å². The van der Waals surface area contributed by atoms with E-state index in [2.05, 4.69) is 46.1 Å². The third kappa shape index (κ3) is 1.38. The van der Waals surface area contributed by atoms with Crippen LogP contribution >= 0.6 is 0 Å². The maximum atomic E-state index is 4.61. The molecule has 0 aliphatic heterocycles. The molecule has 1 aromatic carbocycles. The summed E-state index contributed by atoms with van der Waals surface area (Å²) in [6.45, 7) is 2.26. The summed E-state index contributed by atoms with van der Waals surface area (Å²) in [7, 11) is 0. The van der Waals surface area contributed by atoms with Crippen molar-refractivity contribution in [3.8, 4) is 11.3 Å². The van der Waals surface area contributed by atoms with E-state index in [4.69, 9.17) is 0 Å². The van der Waals surface area contributed by atoms with Crippen LogP contribution in [-0.4, -0.2) is 15.0 Å². The van der Waals surface area contributed by atoms with E-state index in [9.17, 15) is 0 Å². The Kier molecular flexibility index (Phi) is 2.20. The smallest absolute Gasteiger partial charge is 0.0891 e. The van der Waals surface area contributed by atoms with E-state index >= 15 is 0 Å². The Balaban J connectivity index is 2.00. The molecule has 5 rings (SSSR count). The fourth-order valence-electron chi connectivity index (χ4n) is 3.69. The van der Waals surface area contributed by atoms with Crippen LogP contribution in [-0.2, 0) is 0 Å².